The highest BCUT2D eigenvalue weighted by molar-refractivity contribution is 5.87. The van der Waals surface area contributed by atoms with Gasteiger partial charge in [0.05, 0.1) is 19.4 Å². The maximum atomic E-state index is 11.8. The van der Waals surface area contributed by atoms with Gasteiger partial charge in [0.1, 0.15) is 12.4 Å². The van der Waals surface area contributed by atoms with E-state index in [4.69, 9.17) is 4.74 Å². The third kappa shape index (κ3) is 9.57. The summed E-state index contributed by atoms with van der Waals surface area (Å²) in [5, 5.41) is 10.5. The number of carbonyl (C=O) groups is 3. The molecule has 29 heavy (non-hydrogen) atoms. The Morgan fingerprint density at radius 2 is 1.72 bits per heavy atom. The van der Waals surface area contributed by atoms with Crippen LogP contribution in [0.5, 0.6) is 0 Å². The van der Waals surface area contributed by atoms with Crippen molar-refractivity contribution < 1.29 is 29.0 Å². The zero-order valence-electron chi connectivity index (χ0n) is 18.1. The molecule has 0 aromatic carbocycles. The van der Waals surface area contributed by atoms with Crippen LogP contribution < -0.4 is 0 Å². The molecule has 166 valence electrons. The van der Waals surface area contributed by atoms with Crippen LogP contribution in [0.2, 0.25) is 0 Å². The van der Waals surface area contributed by atoms with Crippen LogP contribution in [0.3, 0.4) is 0 Å². The molecule has 1 aliphatic heterocycles. The maximum absolute atomic E-state index is 11.8. The Bertz CT molecular complexity index is 541. The molecule has 1 aliphatic rings. The van der Waals surface area contributed by atoms with Gasteiger partial charge in [0.2, 0.25) is 0 Å². The van der Waals surface area contributed by atoms with Gasteiger partial charge in [-0.25, -0.2) is 4.79 Å². The molecular formula is C23H38O6. The second-order valence-corrected chi connectivity index (χ2v) is 7.97. The number of hydrogen-bond acceptors (Lipinski definition) is 6. The fourth-order valence-corrected chi connectivity index (χ4v) is 3.54. The molecule has 1 N–H and O–H groups in total. The number of esters is 2. The molecule has 2 atom stereocenters. The Morgan fingerprint density at radius 3 is 2.34 bits per heavy atom. The summed E-state index contributed by atoms with van der Waals surface area (Å²) in [5.74, 6) is -1.56. The average molecular weight is 411 g/mol. The second kappa shape index (κ2) is 14.3. The normalized spacial score (nSPS) is 21.5. The third-order valence-corrected chi connectivity index (χ3v) is 5.51. The van der Waals surface area contributed by atoms with E-state index in [0.29, 0.717) is 12.2 Å². The number of ketones is 1. The van der Waals surface area contributed by atoms with Gasteiger partial charge in [-0.3, -0.25) is 9.59 Å². The Kier molecular flexibility index (Phi) is 12.5. The number of cyclic esters (lactones) is 1. The summed E-state index contributed by atoms with van der Waals surface area (Å²) in [7, 11) is 1.22. The van der Waals surface area contributed by atoms with E-state index in [2.05, 4.69) is 11.7 Å². The number of aliphatic hydroxyl groups is 1. The summed E-state index contributed by atoms with van der Waals surface area (Å²) in [6.45, 7) is 2.26. The topological polar surface area (TPSA) is 89.9 Å². The summed E-state index contributed by atoms with van der Waals surface area (Å²) >= 11 is 0. The number of unbranched alkanes of at least 4 members (excludes halogenated alkanes) is 8. The number of Topliss-reactive ketones (excluding diaryl/α,β-unsaturated/α-hetero) is 1. The van der Waals surface area contributed by atoms with Gasteiger partial charge in [-0.2, -0.15) is 0 Å². The second-order valence-electron chi connectivity index (χ2n) is 7.97. The van der Waals surface area contributed by atoms with Crippen molar-refractivity contribution in [3.05, 3.63) is 12.2 Å². The Balaban J connectivity index is 2.13. The van der Waals surface area contributed by atoms with Crippen LogP contribution in [0.25, 0.3) is 0 Å². The van der Waals surface area contributed by atoms with Crippen molar-refractivity contribution in [3.63, 3.8) is 0 Å². The van der Waals surface area contributed by atoms with E-state index in [0.717, 1.165) is 51.4 Å². The van der Waals surface area contributed by atoms with E-state index in [-0.39, 0.29) is 6.61 Å². The van der Waals surface area contributed by atoms with E-state index in [9.17, 15) is 19.5 Å². The van der Waals surface area contributed by atoms with Crippen molar-refractivity contribution >= 4 is 17.7 Å². The molecule has 0 saturated carbocycles. The highest BCUT2D eigenvalue weighted by atomic mass is 16.6. The number of ether oxygens (including phenoxy) is 2. The summed E-state index contributed by atoms with van der Waals surface area (Å²) in [6.07, 6.45) is 15.4. The minimum atomic E-state index is -1.83. The molecule has 0 aromatic rings. The van der Waals surface area contributed by atoms with Crippen molar-refractivity contribution in [1.82, 2.24) is 0 Å². The van der Waals surface area contributed by atoms with Gasteiger partial charge in [-0.15, -0.1) is 0 Å². The van der Waals surface area contributed by atoms with Crippen LogP contribution in [0.1, 0.15) is 90.4 Å². The van der Waals surface area contributed by atoms with Gasteiger partial charge < -0.3 is 14.6 Å². The highest BCUT2D eigenvalue weighted by Crippen LogP contribution is 2.31. The van der Waals surface area contributed by atoms with Crippen LogP contribution in [0.4, 0.5) is 0 Å². The predicted molar refractivity (Wildman–Crippen MR) is 111 cm³/mol. The first kappa shape index (κ1) is 25.3. The minimum absolute atomic E-state index is 0.0728. The number of methoxy groups -OCH3 is 1. The van der Waals surface area contributed by atoms with Crippen LogP contribution in [0.15, 0.2) is 12.2 Å². The third-order valence-electron chi connectivity index (χ3n) is 5.51. The minimum Gasteiger partial charge on any atom is -0.469 e. The smallest absolute Gasteiger partial charge is 0.339 e. The van der Waals surface area contributed by atoms with Gasteiger partial charge in [-0.1, -0.05) is 57.6 Å². The standard InChI is InChI=1S/C23H38O6/c1-3-4-5-8-12-15-20(24)16-13-10-7-6-9-11-14-19-18-29-22(26)23(19,27)17-21(25)28-2/h11,14,19,27H,3-10,12-13,15-18H2,1-2H3/b14-11-/t19-,23+/m1/s1. The van der Waals surface area contributed by atoms with Gasteiger partial charge in [0.15, 0.2) is 5.60 Å². The largest absolute Gasteiger partial charge is 0.469 e. The lowest BCUT2D eigenvalue weighted by Gasteiger charge is -2.21. The number of rotatable bonds is 16. The molecule has 0 radical (unpaired) electrons. The zero-order chi connectivity index (χ0) is 21.5. The van der Waals surface area contributed by atoms with Crippen molar-refractivity contribution in [2.24, 2.45) is 5.92 Å². The van der Waals surface area contributed by atoms with Crippen LogP contribution in [-0.2, 0) is 23.9 Å². The number of hydrogen-bond donors (Lipinski definition) is 1. The summed E-state index contributed by atoms with van der Waals surface area (Å²) in [4.78, 5) is 35.1. The molecule has 1 fully saturated rings. The highest BCUT2D eigenvalue weighted by Gasteiger charge is 2.51. The first-order chi connectivity index (χ1) is 13.9. The van der Waals surface area contributed by atoms with Gasteiger partial charge in [0.25, 0.3) is 0 Å². The lowest BCUT2D eigenvalue weighted by atomic mass is 9.86. The van der Waals surface area contributed by atoms with E-state index < -0.39 is 29.9 Å². The zero-order valence-corrected chi connectivity index (χ0v) is 18.1. The molecule has 0 aliphatic carbocycles. The summed E-state index contributed by atoms with van der Waals surface area (Å²) < 4.78 is 9.48. The number of carbonyl (C=O) groups excluding carboxylic acids is 3. The van der Waals surface area contributed by atoms with Crippen molar-refractivity contribution in [1.29, 1.82) is 0 Å². The summed E-state index contributed by atoms with van der Waals surface area (Å²) in [6, 6.07) is 0. The van der Waals surface area contributed by atoms with Crippen molar-refractivity contribution in [3.8, 4) is 0 Å². The van der Waals surface area contributed by atoms with Gasteiger partial charge in [-0.05, 0) is 25.7 Å². The van der Waals surface area contributed by atoms with Crippen LogP contribution in [-0.4, -0.2) is 42.1 Å². The van der Waals surface area contributed by atoms with E-state index in [1.54, 1.807) is 6.08 Å². The van der Waals surface area contributed by atoms with Gasteiger partial charge >= 0.3 is 11.9 Å². The molecule has 0 amide bonds. The molecule has 6 heteroatoms. The lowest BCUT2D eigenvalue weighted by molar-refractivity contribution is -0.161. The van der Waals surface area contributed by atoms with E-state index >= 15 is 0 Å². The first-order valence-corrected chi connectivity index (χ1v) is 11.1. The molecule has 0 bridgehead atoms. The Morgan fingerprint density at radius 1 is 1.10 bits per heavy atom. The van der Waals surface area contributed by atoms with Gasteiger partial charge in [0, 0.05) is 12.8 Å². The summed E-state index contributed by atoms with van der Waals surface area (Å²) in [5.41, 5.74) is -1.83. The molecule has 0 spiro atoms. The average Bonchev–Trinajstić information content (AvgIpc) is 2.97. The fourth-order valence-electron chi connectivity index (χ4n) is 3.54. The number of allylic oxidation sites excluding steroid dienone is 1. The van der Waals surface area contributed by atoms with E-state index in [1.807, 2.05) is 6.08 Å². The molecule has 6 nitrogen and oxygen atoms in total. The molecule has 0 aromatic heterocycles. The Labute approximate surface area is 175 Å². The quantitative estimate of drug-likeness (QED) is 0.232. The maximum Gasteiger partial charge on any atom is 0.339 e. The van der Waals surface area contributed by atoms with E-state index in [1.165, 1.54) is 26.4 Å². The van der Waals surface area contributed by atoms with Crippen LogP contribution >= 0.6 is 0 Å². The SMILES string of the molecule is CCCCCCCC(=O)CCCCCC/C=C\[C@@H]1COC(=O)[C@]1(O)CC(=O)OC. The lowest BCUT2D eigenvalue weighted by Crippen LogP contribution is -2.42. The fraction of sp³-hybridized carbons (Fsp3) is 0.783. The first-order valence-electron chi connectivity index (χ1n) is 11.1. The predicted octanol–water partition coefficient (Wildman–Crippen LogP) is 4.28. The monoisotopic (exact) mass is 410 g/mol. The molecular weight excluding hydrogens is 372 g/mol. The van der Waals surface area contributed by atoms with Crippen molar-refractivity contribution in [2.45, 2.75) is 96.0 Å². The molecule has 1 heterocycles. The van der Waals surface area contributed by atoms with Crippen LogP contribution in [0, 0.1) is 5.92 Å². The Hall–Kier alpha value is -1.69. The molecule has 1 rings (SSSR count). The molecule has 1 saturated heterocycles. The van der Waals surface area contributed by atoms with Crippen molar-refractivity contribution in [2.75, 3.05) is 13.7 Å². The molecule has 0 unspecified atom stereocenters.